The van der Waals surface area contributed by atoms with E-state index in [1.165, 1.54) is 37.7 Å². The second kappa shape index (κ2) is 8.40. The van der Waals surface area contributed by atoms with Gasteiger partial charge in [0.15, 0.2) is 0 Å². The molecule has 0 aliphatic rings. The van der Waals surface area contributed by atoms with Crippen LogP contribution in [-0.2, 0) is 0 Å². The minimum absolute atomic E-state index is 0.222. The maximum atomic E-state index is 13.8. The summed E-state index contributed by atoms with van der Waals surface area (Å²) in [5, 5.41) is 5.27. The van der Waals surface area contributed by atoms with E-state index in [1.807, 2.05) is 35.7 Å². The van der Waals surface area contributed by atoms with Gasteiger partial charge < -0.3 is 0 Å². The van der Waals surface area contributed by atoms with E-state index >= 15 is 0 Å². The first-order chi connectivity index (χ1) is 17.7. The van der Waals surface area contributed by atoms with E-state index in [1.54, 1.807) is 6.07 Å². The zero-order valence-electron chi connectivity index (χ0n) is 19.3. The fraction of sp³-hybridized carbons (Fsp3) is 0. The topological polar surface area (TPSA) is 12.9 Å². The number of halogens is 1. The van der Waals surface area contributed by atoms with Crippen LogP contribution in [0.3, 0.4) is 0 Å². The highest BCUT2D eigenvalue weighted by Crippen LogP contribution is 2.43. The molecule has 0 saturated heterocycles. The largest absolute Gasteiger partial charge is 0.256 e. The first-order valence-corrected chi connectivity index (χ1v) is 12.7. The van der Waals surface area contributed by atoms with Crippen molar-refractivity contribution in [1.29, 1.82) is 0 Å². The first kappa shape index (κ1) is 21.0. The molecule has 2 aromatic heterocycles. The van der Waals surface area contributed by atoms with E-state index in [0.29, 0.717) is 0 Å². The predicted octanol–water partition coefficient (Wildman–Crippen LogP) is 9.74. The molecule has 5 aromatic carbocycles. The molecular weight excluding hydrogens is 461 g/mol. The fourth-order valence-corrected chi connectivity index (χ4v) is 6.25. The summed E-state index contributed by atoms with van der Waals surface area (Å²) in [7, 11) is 0. The molecule has 3 heteroatoms. The molecule has 0 aliphatic heterocycles. The minimum atomic E-state index is -0.222. The van der Waals surface area contributed by atoms with Gasteiger partial charge in [0.1, 0.15) is 5.82 Å². The van der Waals surface area contributed by atoms with Crippen LogP contribution < -0.4 is 0 Å². The highest BCUT2D eigenvalue weighted by molar-refractivity contribution is 7.22. The predicted molar refractivity (Wildman–Crippen MR) is 151 cm³/mol. The van der Waals surface area contributed by atoms with E-state index in [0.717, 1.165) is 32.8 Å². The summed E-state index contributed by atoms with van der Waals surface area (Å²) in [4.78, 5) is 6.09. The Morgan fingerprint density at radius 3 is 2.11 bits per heavy atom. The van der Waals surface area contributed by atoms with Crippen molar-refractivity contribution in [2.24, 2.45) is 0 Å². The van der Waals surface area contributed by atoms with Crippen LogP contribution in [0.5, 0.6) is 0 Å². The zero-order chi connectivity index (χ0) is 24.1. The van der Waals surface area contributed by atoms with Crippen LogP contribution in [0.4, 0.5) is 4.39 Å². The van der Waals surface area contributed by atoms with E-state index < -0.39 is 0 Å². The van der Waals surface area contributed by atoms with Crippen molar-refractivity contribution < 1.29 is 4.39 Å². The Labute approximate surface area is 212 Å². The van der Waals surface area contributed by atoms with Gasteiger partial charge in [0, 0.05) is 32.3 Å². The van der Waals surface area contributed by atoms with E-state index in [4.69, 9.17) is 4.98 Å². The number of aromatic nitrogens is 1. The first-order valence-electron chi connectivity index (χ1n) is 11.9. The van der Waals surface area contributed by atoms with Crippen molar-refractivity contribution in [3.63, 3.8) is 0 Å². The van der Waals surface area contributed by atoms with Gasteiger partial charge in [0.25, 0.3) is 0 Å². The van der Waals surface area contributed by atoms with Gasteiger partial charge in [-0.1, -0.05) is 78.9 Å². The molecule has 36 heavy (non-hydrogen) atoms. The molecular formula is C33H20FNS. The van der Waals surface area contributed by atoms with Gasteiger partial charge in [-0.2, -0.15) is 0 Å². The lowest BCUT2D eigenvalue weighted by atomic mass is 9.95. The minimum Gasteiger partial charge on any atom is -0.256 e. The molecule has 0 aliphatic carbocycles. The lowest BCUT2D eigenvalue weighted by Gasteiger charge is -2.11. The number of hydrogen-bond acceptors (Lipinski definition) is 2. The number of pyridine rings is 1. The van der Waals surface area contributed by atoms with Crippen molar-refractivity contribution in [3.05, 3.63) is 127 Å². The van der Waals surface area contributed by atoms with E-state index in [2.05, 4.69) is 84.9 Å². The summed E-state index contributed by atoms with van der Waals surface area (Å²) in [5.41, 5.74) is 5.63. The Kier molecular flexibility index (Phi) is 4.90. The van der Waals surface area contributed by atoms with Crippen LogP contribution in [0.2, 0.25) is 0 Å². The molecule has 0 saturated carbocycles. The normalized spacial score (nSPS) is 11.5. The maximum absolute atomic E-state index is 13.8. The number of benzene rings is 5. The van der Waals surface area contributed by atoms with Crippen molar-refractivity contribution in [2.45, 2.75) is 0 Å². The summed E-state index contributed by atoms with van der Waals surface area (Å²) >= 11 is 1.83. The van der Waals surface area contributed by atoms with Gasteiger partial charge in [-0.05, 0) is 69.1 Å². The monoisotopic (exact) mass is 481 g/mol. The van der Waals surface area contributed by atoms with Crippen LogP contribution in [0.1, 0.15) is 0 Å². The van der Waals surface area contributed by atoms with Crippen LogP contribution in [0.25, 0.3) is 64.5 Å². The lowest BCUT2D eigenvalue weighted by Crippen LogP contribution is -1.89. The second-order valence-corrected chi connectivity index (χ2v) is 10.0. The van der Waals surface area contributed by atoms with E-state index in [9.17, 15) is 4.39 Å². The van der Waals surface area contributed by atoms with Crippen LogP contribution >= 0.6 is 11.3 Å². The van der Waals surface area contributed by atoms with Gasteiger partial charge in [0.05, 0.1) is 5.69 Å². The van der Waals surface area contributed by atoms with Gasteiger partial charge in [-0.25, -0.2) is 4.39 Å². The van der Waals surface area contributed by atoms with E-state index in [-0.39, 0.29) is 5.82 Å². The van der Waals surface area contributed by atoms with Crippen LogP contribution in [0, 0.1) is 5.82 Å². The number of hydrogen-bond donors (Lipinski definition) is 0. The van der Waals surface area contributed by atoms with Crippen molar-refractivity contribution >= 4 is 43.0 Å². The molecule has 0 spiro atoms. The van der Waals surface area contributed by atoms with Gasteiger partial charge in [0.2, 0.25) is 0 Å². The third-order valence-electron chi connectivity index (χ3n) is 6.76. The average Bonchev–Trinajstić information content (AvgIpc) is 3.37. The lowest BCUT2D eigenvalue weighted by molar-refractivity contribution is 0.630. The standard InChI is InChI=1S/C33H20FNS/c34-26-12-14-27-23(18-26)11-13-29-28(27)15-16-35-32(29)24-17-25-20-31(22-9-5-2-6-10-22)36-33(25)30(19-24)21-7-3-1-4-8-21/h1-20H. The highest BCUT2D eigenvalue weighted by Gasteiger charge is 2.15. The number of fused-ring (bicyclic) bond motifs is 4. The SMILES string of the molecule is Fc1ccc2c(ccc3c(-c4cc(-c5ccccc5)c5sc(-c6ccccc6)cc5c4)nccc32)c1. The molecule has 0 radical (unpaired) electrons. The van der Waals surface area contributed by atoms with Gasteiger partial charge in [-0.3, -0.25) is 4.98 Å². The number of thiophene rings is 1. The summed E-state index contributed by atoms with van der Waals surface area (Å²) in [6, 6.07) is 38.9. The Hall–Kier alpha value is -4.34. The smallest absolute Gasteiger partial charge is 0.123 e. The van der Waals surface area contributed by atoms with Crippen LogP contribution in [0.15, 0.2) is 121 Å². The molecule has 0 atom stereocenters. The molecule has 1 nitrogen and oxygen atoms in total. The molecule has 7 rings (SSSR count). The van der Waals surface area contributed by atoms with Crippen molar-refractivity contribution in [2.75, 3.05) is 0 Å². The summed E-state index contributed by atoms with van der Waals surface area (Å²) < 4.78 is 15.1. The maximum Gasteiger partial charge on any atom is 0.123 e. The molecule has 0 N–H and O–H groups in total. The quantitative estimate of drug-likeness (QED) is 0.229. The number of nitrogens with zero attached hydrogens (tertiary/aromatic N) is 1. The third-order valence-corrected chi connectivity index (χ3v) is 7.99. The van der Waals surface area contributed by atoms with Crippen molar-refractivity contribution in [3.8, 4) is 32.8 Å². The molecule has 2 heterocycles. The Morgan fingerprint density at radius 1 is 0.556 bits per heavy atom. The highest BCUT2D eigenvalue weighted by atomic mass is 32.1. The molecule has 0 bridgehead atoms. The fourth-order valence-electron chi connectivity index (χ4n) is 5.06. The molecule has 0 fully saturated rings. The molecule has 0 amide bonds. The zero-order valence-corrected chi connectivity index (χ0v) is 20.1. The third kappa shape index (κ3) is 3.48. The second-order valence-electron chi connectivity index (χ2n) is 8.97. The average molecular weight is 482 g/mol. The summed E-state index contributed by atoms with van der Waals surface area (Å²) in [6.45, 7) is 0. The Balaban J connectivity index is 1.51. The number of rotatable bonds is 3. The Morgan fingerprint density at radius 2 is 1.31 bits per heavy atom. The Bertz CT molecular complexity index is 1890. The molecule has 7 aromatic rings. The van der Waals surface area contributed by atoms with Crippen LogP contribution in [-0.4, -0.2) is 4.98 Å². The van der Waals surface area contributed by atoms with Gasteiger partial charge >= 0.3 is 0 Å². The molecule has 0 unspecified atom stereocenters. The molecule has 170 valence electrons. The summed E-state index contributed by atoms with van der Waals surface area (Å²) in [5.74, 6) is -0.222. The van der Waals surface area contributed by atoms with Crippen molar-refractivity contribution in [1.82, 2.24) is 4.98 Å². The summed E-state index contributed by atoms with van der Waals surface area (Å²) in [6.07, 6.45) is 1.86. The van der Waals surface area contributed by atoms with Gasteiger partial charge in [-0.15, -0.1) is 11.3 Å².